The van der Waals surface area contributed by atoms with Crippen LogP contribution in [-0.2, 0) is 0 Å². The second-order valence-electron chi connectivity index (χ2n) is 5.22. The topological polar surface area (TPSA) is 41.1 Å². The molecule has 17 heavy (non-hydrogen) atoms. The number of aryl methyl sites for hydroxylation is 1. The van der Waals surface area contributed by atoms with Crippen LogP contribution >= 0.6 is 0 Å². The van der Waals surface area contributed by atoms with Crippen LogP contribution in [0, 0.1) is 6.92 Å². The molecule has 4 nitrogen and oxygen atoms in total. The van der Waals surface area contributed by atoms with E-state index in [0.29, 0.717) is 12.0 Å². The first kappa shape index (κ1) is 13.9. The van der Waals surface area contributed by atoms with Gasteiger partial charge in [-0.2, -0.15) is 0 Å². The molecule has 0 saturated heterocycles. The lowest BCUT2D eigenvalue weighted by Gasteiger charge is -2.19. The molecule has 0 fully saturated rings. The van der Waals surface area contributed by atoms with Crippen molar-refractivity contribution in [2.45, 2.75) is 39.7 Å². The molecule has 0 spiro atoms. The predicted molar refractivity (Wildman–Crippen MR) is 72.5 cm³/mol. The Hall–Kier alpha value is -1.16. The zero-order valence-corrected chi connectivity index (χ0v) is 11.8. The molecular formula is C13H24N4. The number of hydrogen-bond acceptors (Lipinski definition) is 4. The smallest absolute Gasteiger partial charge is 0.223 e. The molecule has 0 aliphatic carbocycles. The molecule has 1 atom stereocenters. The summed E-state index contributed by atoms with van der Waals surface area (Å²) >= 11 is 0. The number of aromatic nitrogens is 2. The molecule has 96 valence electrons. The fourth-order valence-electron chi connectivity index (χ4n) is 1.77. The van der Waals surface area contributed by atoms with E-state index in [-0.39, 0.29) is 0 Å². The zero-order valence-electron chi connectivity index (χ0n) is 11.8. The fourth-order valence-corrected chi connectivity index (χ4v) is 1.77. The minimum absolute atomic E-state index is 0.340. The van der Waals surface area contributed by atoms with Crippen LogP contribution in [0.1, 0.15) is 38.1 Å². The van der Waals surface area contributed by atoms with Gasteiger partial charge in [0.2, 0.25) is 5.95 Å². The number of nitrogens with one attached hydrogen (secondary N) is 1. The van der Waals surface area contributed by atoms with Crippen LogP contribution in [0.3, 0.4) is 0 Å². The molecular weight excluding hydrogens is 212 g/mol. The van der Waals surface area contributed by atoms with E-state index in [2.05, 4.69) is 55.1 Å². The van der Waals surface area contributed by atoms with E-state index < -0.39 is 0 Å². The second kappa shape index (κ2) is 5.96. The Balaban J connectivity index is 2.77. The van der Waals surface area contributed by atoms with Gasteiger partial charge in [-0.1, -0.05) is 13.8 Å². The van der Waals surface area contributed by atoms with E-state index in [1.165, 1.54) is 0 Å². The van der Waals surface area contributed by atoms with Crippen LogP contribution in [0.4, 0.5) is 5.95 Å². The van der Waals surface area contributed by atoms with Crippen molar-refractivity contribution in [2.75, 3.05) is 26.0 Å². The van der Waals surface area contributed by atoms with Gasteiger partial charge in [0.15, 0.2) is 0 Å². The standard InChI is InChI=1S/C13H24N4/c1-9(2)12-7-10(3)14-13(16-12)15-11(4)8-17(5)6/h7,9,11H,8H2,1-6H3,(H,14,15,16). The first-order valence-corrected chi connectivity index (χ1v) is 6.15. The highest BCUT2D eigenvalue weighted by Gasteiger charge is 2.08. The summed E-state index contributed by atoms with van der Waals surface area (Å²) in [6.45, 7) is 9.41. The molecule has 1 aromatic rings. The molecule has 0 radical (unpaired) electrons. The molecule has 0 aromatic carbocycles. The third-order valence-electron chi connectivity index (χ3n) is 2.48. The largest absolute Gasteiger partial charge is 0.350 e. The van der Waals surface area contributed by atoms with Crippen molar-refractivity contribution in [1.29, 1.82) is 0 Å². The number of hydrogen-bond donors (Lipinski definition) is 1. The highest BCUT2D eigenvalue weighted by Crippen LogP contribution is 2.14. The van der Waals surface area contributed by atoms with E-state index >= 15 is 0 Å². The summed E-state index contributed by atoms with van der Waals surface area (Å²) in [5.41, 5.74) is 2.11. The Morgan fingerprint density at radius 2 is 1.88 bits per heavy atom. The molecule has 1 unspecified atom stereocenters. The number of likely N-dealkylation sites (N-methyl/N-ethyl adjacent to an activating group) is 1. The molecule has 1 N–H and O–H groups in total. The molecule has 0 bridgehead atoms. The summed E-state index contributed by atoms with van der Waals surface area (Å²) < 4.78 is 0. The van der Waals surface area contributed by atoms with Gasteiger partial charge in [-0.05, 0) is 39.9 Å². The van der Waals surface area contributed by atoms with Gasteiger partial charge >= 0.3 is 0 Å². The van der Waals surface area contributed by atoms with Crippen LogP contribution in [0.25, 0.3) is 0 Å². The van der Waals surface area contributed by atoms with E-state index in [4.69, 9.17) is 0 Å². The summed E-state index contributed by atoms with van der Waals surface area (Å²) in [4.78, 5) is 11.1. The minimum Gasteiger partial charge on any atom is -0.350 e. The van der Waals surface area contributed by atoms with Crippen LogP contribution in [-0.4, -0.2) is 41.5 Å². The van der Waals surface area contributed by atoms with E-state index in [9.17, 15) is 0 Å². The van der Waals surface area contributed by atoms with E-state index in [1.54, 1.807) is 0 Å². The lowest BCUT2D eigenvalue weighted by Crippen LogP contribution is -2.30. The van der Waals surface area contributed by atoms with Crippen molar-refractivity contribution in [3.8, 4) is 0 Å². The third kappa shape index (κ3) is 4.69. The average molecular weight is 236 g/mol. The molecule has 0 saturated carbocycles. The quantitative estimate of drug-likeness (QED) is 0.851. The van der Waals surface area contributed by atoms with Crippen molar-refractivity contribution >= 4 is 5.95 Å². The average Bonchev–Trinajstić information content (AvgIpc) is 2.14. The number of nitrogens with zero attached hydrogens (tertiary/aromatic N) is 3. The monoisotopic (exact) mass is 236 g/mol. The van der Waals surface area contributed by atoms with Crippen molar-refractivity contribution in [1.82, 2.24) is 14.9 Å². The highest BCUT2D eigenvalue weighted by atomic mass is 15.2. The normalized spacial score (nSPS) is 13.2. The van der Waals surface area contributed by atoms with Gasteiger partial charge in [0.1, 0.15) is 0 Å². The Morgan fingerprint density at radius 3 is 2.41 bits per heavy atom. The Kier molecular flexibility index (Phi) is 4.87. The maximum Gasteiger partial charge on any atom is 0.223 e. The zero-order chi connectivity index (χ0) is 13.0. The molecule has 4 heteroatoms. The summed E-state index contributed by atoms with van der Waals surface area (Å²) in [6.07, 6.45) is 0. The Bertz CT molecular complexity index is 360. The van der Waals surface area contributed by atoms with Crippen LogP contribution in [0.5, 0.6) is 0 Å². The van der Waals surface area contributed by atoms with Crippen molar-refractivity contribution in [3.05, 3.63) is 17.5 Å². The van der Waals surface area contributed by atoms with Gasteiger partial charge < -0.3 is 10.2 Å². The summed E-state index contributed by atoms with van der Waals surface area (Å²) in [6, 6.07) is 2.39. The highest BCUT2D eigenvalue weighted by molar-refractivity contribution is 5.30. The lowest BCUT2D eigenvalue weighted by atomic mass is 10.1. The molecule has 0 aliphatic heterocycles. The van der Waals surface area contributed by atoms with Gasteiger partial charge in [0, 0.05) is 24.0 Å². The number of rotatable bonds is 5. The van der Waals surface area contributed by atoms with Crippen LogP contribution in [0.2, 0.25) is 0 Å². The van der Waals surface area contributed by atoms with Gasteiger partial charge in [-0.15, -0.1) is 0 Å². The molecule has 0 amide bonds. The first-order valence-electron chi connectivity index (χ1n) is 6.15. The van der Waals surface area contributed by atoms with E-state index in [0.717, 1.165) is 23.9 Å². The predicted octanol–water partition coefficient (Wildman–Crippen LogP) is 2.27. The first-order chi connectivity index (χ1) is 7.88. The van der Waals surface area contributed by atoms with Crippen molar-refractivity contribution in [2.24, 2.45) is 0 Å². The molecule has 1 heterocycles. The van der Waals surface area contributed by atoms with Crippen LogP contribution < -0.4 is 5.32 Å². The van der Waals surface area contributed by atoms with Gasteiger partial charge in [0.25, 0.3) is 0 Å². The second-order valence-corrected chi connectivity index (χ2v) is 5.22. The lowest BCUT2D eigenvalue weighted by molar-refractivity contribution is 0.391. The van der Waals surface area contributed by atoms with E-state index in [1.807, 2.05) is 13.0 Å². The molecule has 0 aliphatic rings. The Morgan fingerprint density at radius 1 is 1.24 bits per heavy atom. The molecule has 1 aromatic heterocycles. The Labute approximate surface area is 104 Å². The maximum atomic E-state index is 4.54. The van der Waals surface area contributed by atoms with Crippen LogP contribution in [0.15, 0.2) is 6.07 Å². The van der Waals surface area contributed by atoms with Crippen molar-refractivity contribution < 1.29 is 0 Å². The maximum absolute atomic E-state index is 4.54. The van der Waals surface area contributed by atoms with Gasteiger partial charge in [-0.3, -0.25) is 0 Å². The summed E-state index contributed by atoms with van der Waals surface area (Å²) in [5, 5.41) is 3.35. The third-order valence-corrected chi connectivity index (χ3v) is 2.48. The SMILES string of the molecule is Cc1cc(C(C)C)nc(NC(C)CN(C)C)n1. The van der Waals surface area contributed by atoms with Gasteiger partial charge in [0.05, 0.1) is 0 Å². The summed E-state index contributed by atoms with van der Waals surface area (Å²) in [7, 11) is 4.13. The van der Waals surface area contributed by atoms with Gasteiger partial charge in [-0.25, -0.2) is 9.97 Å². The fraction of sp³-hybridized carbons (Fsp3) is 0.692. The summed E-state index contributed by atoms with van der Waals surface area (Å²) in [5.74, 6) is 1.17. The number of anilines is 1. The molecule has 1 rings (SSSR count). The van der Waals surface area contributed by atoms with Crippen molar-refractivity contribution in [3.63, 3.8) is 0 Å². The minimum atomic E-state index is 0.340.